The molecule has 1 saturated heterocycles. The predicted octanol–water partition coefficient (Wildman–Crippen LogP) is 3.72. The van der Waals surface area contributed by atoms with Crippen LogP contribution in [0.15, 0.2) is 53.4 Å². The first-order valence-electron chi connectivity index (χ1n) is 10.6. The Morgan fingerprint density at radius 2 is 1.90 bits per heavy atom. The highest BCUT2D eigenvalue weighted by molar-refractivity contribution is 7.89. The highest BCUT2D eigenvalue weighted by Crippen LogP contribution is 2.27. The Morgan fingerprint density at radius 1 is 1.16 bits per heavy atom. The van der Waals surface area contributed by atoms with Crippen LogP contribution in [0, 0.1) is 11.7 Å². The van der Waals surface area contributed by atoms with Crippen molar-refractivity contribution in [1.82, 2.24) is 9.62 Å². The van der Waals surface area contributed by atoms with Gasteiger partial charge >= 0.3 is 0 Å². The fraction of sp³-hybridized carbons (Fsp3) is 0.435. The highest BCUT2D eigenvalue weighted by Gasteiger charge is 2.31. The molecular formula is C23H29FN2O4S. The zero-order chi connectivity index (χ0) is 22.3. The lowest BCUT2D eigenvalue weighted by Gasteiger charge is -2.31. The standard InChI is InChI=1S/C23H29FN2O4S/c1-2-30-20-7-5-6-19(16-20)17-25-23(27)11-10-18-12-14-26(15-13-18)31(28,29)22-9-4-3-8-21(22)24/h3-9,16,18H,2,10-15,17H2,1H3,(H,25,27). The van der Waals surface area contributed by atoms with Gasteiger partial charge in [-0.1, -0.05) is 24.3 Å². The summed E-state index contributed by atoms with van der Waals surface area (Å²) >= 11 is 0. The number of sulfonamides is 1. The van der Waals surface area contributed by atoms with Crippen LogP contribution in [0.2, 0.25) is 0 Å². The Hall–Kier alpha value is -2.45. The van der Waals surface area contributed by atoms with E-state index in [2.05, 4.69) is 5.32 Å². The third kappa shape index (κ3) is 6.27. The third-order valence-corrected chi connectivity index (χ3v) is 7.44. The number of piperidine rings is 1. The number of halogens is 1. The highest BCUT2D eigenvalue weighted by atomic mass is 32.2. The number of nitrogens with zero attached hydrogens (tertiary/aromatic N) is 1. The number of carbonyl (C=O) groups excluding carboxylic acids is 1. The molecule has 31 heavy (non-hydrogen) atoms. The molecule has 0 aliphatic carbocycles. The normalized spacial score (nSPS) is 15.5. The van der Waals surface area contributed by atoms with Gasteiger partial charge in [-0.25, -0.2) is 12.8 Å². The first kappa shape index (κ1) is 23.2. The minimum Gasteiger partial charge on any atom is -0.494 e. The SMILES string of the molecule is CCOc1cccc(CNC(=O)CCC2CCN(S(=O)(=O)c3ccccc3F)CC2)c1. The van der Waals surface area contributed by atoms with Crippen LogP contribution in [-0.4, -0.2) is 38.3 Å². The van der Waals surface area contributed by atoms with Crippen molar-refractivity contribution in [2.45, 2.75) is 44.0 Å². The molecule has 6 nitrogen and oxygen atoms in total. The Morgan fingerprint density at radius 3 is 2.61 bits per heavy atom. The lowest BCUT2D eigenvalue weighted by Crippen LogP contribution is -2.39. The van der Waals surface area contributed by atoms with Crippen molar-refractivity contribution in [3.05, 3.63) is 59.9 Å². The van der Waals surface area contributed by atoms with Gasteiger partial charge in [0.25, 0.3) is 0 Å². The van der Waals surface area contributed by atoms with E-state index >= 15 is 0 Å². The molecule has 8 heteroatoms. The largest absolute Gasteiger partial charge is 0.494 e. The maximum absolute atomic E-state index is 13.9. The summed E-state index contributed by atoms with van der Waals surface area (Å²) in [4.78, 5) is 11.9. The van der Waals surface area contributed by atoms with Crippen LogP contribution in [0.4, 0.5) is 4.39 Å². The maximum atomic E-state index is 13.9. The second-order valence-corrected chi connectivity index (χ2v) is 9.58. The van der Waals surface area contributed by atoms with Crippen LogP contribution in [0.1, 0.15) is 38.2 Å². The van der Waals surface area contributed by atoms with Gasteiger partial charge in [-0.05, 0) is 61.9 Å². The van der Waals surface area contributed by atoms with E-state index in [1.54, 1.807) is 0 Å². The second kappa shape index (κ2) is 10.7. The topological polar surface area (TPSA) is 75.7 Å². The fourth-order valence-corrected chi connectivity index (χ4v) is 5.30. The Kier molecular flexibility index (Phi) is 8.03. The Bertz CT molecular complexity index is 989. The molecule has 168 valence electrons. The van der Waals surface area contributed by atoms with Gasteiger partial charge in [0.05, 0.1) is 6.61 Å². The summed E-state index contributed by atoms with van der Waals surface area (Å²) in [5, 5.41) is 2.93. The van der Waals surface area contributed by atoms with E-state index in [4.69, 9.17) is 4.74 Å². The molecule has 0 bridgehead atoms. The number of benzene rings is 2. The van der Waals surface area contributed by atoms with Crippen LogP contribution in [0.3, 0.4) is 0 Å². The van der Waals surface area contributed by atoms with E-state index in [0.717, 1.165) is 17.4 Å². The van der Waals surface area contributed by atoms with E-state index in [1.807, 2.05) is 31.2 Å². The molecule has 1 amide bonds. The molecular weight excluding hydrogens is 419 g/mol. The average molecular weight is 449 g/mol. The number of ether oxygens (including phenoxy) is 1. The summed E-state index contributed by atoms with van der Waals surface area (Å²) in [6.45, 7) is 3.64. The summed E-state index contributed by atoms with van der Waals surface area (Å²) in [7, 11) is -3.83. The number of hydrogen-bond acceptors (Lipinski definition) is 4. The number of nitrogens with one attached hydrogen (secondary N) is 1. The molecule has 1 aliphatic rings. The predicted molar refractivity (Wildman–Crippen MR) is 117 cm³/mol. The molecule has 0 aromatic heterocycles. The van der Waals surface area contributed by atoms with Crippen molar-refractivity contribution in [2.24, 2.45) is 5.92 Å². The molecule has 1 N–H and O–H groups in total. The van der Waals surface area contributed by atoms with Crippen LogP contribution in [0.5, 0.6) is 5.75 Å². The van der Waals surface area contributed by atoms with E-state index in [1.165, 1.54) is 22.5 Å². The molecule has 0 unspecified atom stereocenters. The average Bonchev–Trinajstić information content (AvgIpc) is 2.77. The second-order valence-electron chi connectivity index (χ2n) is 7.67. The molecule has 1 aliphatic heterocycles. The number of rotatable bonds is 9. The van der Waals surface area contributed by atoms with Gasteiger partial charge in [0.15, 0.2) is 0 Å². The summed E-state index contributed by atoms with van der Waals surface area (Å²) < 4.78 is 46.1. The first-order valence-corrected chi connectivity index (χ1v) is 12.1. The Labute approximate surface area is 183 Å². The van der Waals surface area contributed by atoms with Gasteiger partial charge in [0.1, 0.15) is 16.5 Å². The third-order valence-electron chi connectivity index (χ3n) is 5.51. The number of carbonyl (C=O) groups is 1. The molecule has 0 radical (unpaired) electrons. The molecule has 1 fully saturated rings. The van der Waals surface area contributed by atoms with Crippen molar-refractivity contribution in [3.63, 3.8) is 0 Å². The molecule has 0 spiro atoms. The van der Waals surface area contributed by atoms with E-state index in [0.29, 0.717) is 51.9 Å². The van der Waals surface area contributed by atoms with Crippen molar-refractivity contribution < 1.29 is 22.3 Å². The summed E-state index contributed by atoms with van der Waals surface area (Å²) in [6, 6.07) is 13.1. The van der Waals surface area contributed by atoms with E-state index in [9.17, 15) is 17.6 Å². The molecule has 3 rings (SSSR count). The minimum atomic E-state index is -3.83. The van der Waals surface area contributed by atoms with Gasteiger partial charge in [-0.15, -0.1) is 0 Å². The lowest BCUT2D eigenvalue weighted by molar-refractivity contribution is -0.121. The molecule has 2 aromatic carbocycles. The van der Waals surface area contributed by atoms with Gasteiger partial charge in [0, 0.05) is 26.1 Å². The van der Waals surface area contributed by atoms with Gasteiger partial charge < -0.3 is 10.1 Å². The molecule has 0 saturated carbocycles. The maximum Gasteiger partial charge on any atom is 0.245 e. The van der Waals surface area contributed by atoms with Crippen LogP contribution in [-0.2, 0) is 21.4 Å². The lowest BCUT2D eigenvalue weighted by atomic mass is 9.93. The quantitative estimate of drug-likeness (QED) is 0.634. The summed E-state index contributed by atoms with van der Waals surface area (Å²) in [6.07, 6.45) is 2.43. The van der Waals surface area contributed by atoms with Gasteiger partial charge in [-0.2, -0.15) is 4.31 Å². The number of hydrogen-bond donors (Lipinski definition) is 1. The van der Waals surface area contributed by atoms with E-state index in [-0.39, 0.29) is 16.7 Å². The molecule has 1 heterocycles. The van der Waals surface area contributed by atoms with Crippen molar-refractivity contribution >= 4 is 15.9 Å². The first-order chi connectivity index (χ1) is 14.9. The minimum absolute atomic E-state index is 0.0248. The fourth-order valence-electron chi connectivity index (χ4n) is 3.77. The summed E-state index contributed by atoms with van der Waals surface area (Å²) in [5.41, 5.74) is 0.978. The van der Waals surface area contributed by atoms with Gasteiger partial charge in [-0.3, -0.25) is 4.79 Å². The van der Waals surface area contributed by atoms with Gasteiger partial charge in [0.2, 0.25) is 15.9 Å². The van der Waals surface area contributed by atoms with Crippen molar-refractivity contribution in [1.29, 1.82) is 0 Å². The van der Waals surface area contributed by atoms with Crippen LogP contribution < -0.4 is 10.1 Å². The zero-order valence-electron chi connectivity index (χ0n) is 17.7. The summed E-state index contributed by atoms with van der Waals surface area (Å²) in [5.74, 6) is 0.307. The van der Waals surface area contributed by atoms with Crippen molar-refractivity contribution in [2.75, 3.05) is 19.7 Å². The van der Waals surface area contributed by atoms with Crippen LogP contribution >= 0.6 is 0 Å². The molecule has 2 aromatic rings. The van der Waals surface area contributed by atoms with E-state index < -0.39 is 15.8 Å². The Balaban J connectivity index is 1.42. The smallest absolute Gasteiger partial charge is 0.245 e. The zero-order valence-corrected chi connectivity index (χ0v) is 18.5. The molecule has 0 atom stereocenters. The van der Waals surface area contributed by atoms with Crippen LogP contribution in [0.25, 0.3) is 0 Å². The monoisotopic (exact) mass is 448 g/mol. The number of amides is 1. The van der Waals surface area contributed by atoms with Crippen molar-refractivity contribution in [3.8, 4) is 5.75 Å².